The third kappa shape index (κ3) is 8.30. The van der Waals surface area contributed by atoms with Gasteiger partial charge in [0.25, 0.3) is 0 Å². The first-order valence-electron chi connectivity index (χ1n) is 12.4. The van der Waals surface area contributed by atoms with Gasteiger partial charge < -0.3 is 9.47 Å². The van der Waals surface area contributed by atoms with Crippen molar-refractivity contribution in [3.8, 4) is 11.5 Å². The maximum Gasteiger partial charge on any atom is 0.573 e. The van der Waals surface area contributed by atoms with E-state index in [1.165, 1.54) is 63.5 Å². The van der Waals surface area contributed by atoms with E-state index in [9.17, 15) is 30.7 Å². The van der Waals surface area contributed by atoms with Crippen molar-refractivity contribution in [2.45, 2.75) is 83.6 Å². The average Bonchev–Trinajstić information content (AvgIpc) is 2.80. The van der Waals surface area contributed by atoms with Crippen LogP contribution in [0.2, 0.25) is 0 Å². The molecule has 0 heterocycles. The lowest BCUT2D eigenvalue weighted by atomic mass is 9.78. The lowest BCUT2D eigenvalue weighted by molar-refractivity contribution is -0.276. The van der Waals surface area contributed by atoms with Gasteiger partial charge in [0.15, 0.2) is 11.6 Å². The van der Waals surface area contributed by atoms with Gasteiger partial charge in [-0.2, -0.15) is 8.78 Å². The van der Waals surface area contributed by atoms with E-state index in [4.69, 9.17) is 0 Å². The van der Waals surface area contributed by atoms with Crippen LogP contribution in [0.4, 0.5) is 30.7 Å². The molecule has 0 amide bonds. The number of unbranched alkanes of at least 4 members (excludes halogenated alkanes) is 2. The van der Waals surface area contributed by atoms with Crippen molar-refractivity contribution in [1.29, 1.82) is 0 Å². The van der Waals surface area contributed by atoms with Crippen LogP contribution in [-0.4, -0.2) is 6.36 Å². The quantitative estimate of drug-likeness (QED) is 0.217. The Kier molecular flexibility index (Phi) is 9.53. The number of rotatable bonds is 11. The molecule has 0 radical (unpaired) electrons. The topological polar surface area (TPSA) is 18.5 Å². The van der Waals surface area contributed by atoms with Crippen molar-refractivity contribution in [1.82, 2.24) is 0 Å². The molecule has 0 unspecified atom stereocenters. The summed E-state index contributed by atoms with van der Waals surface area (Å²) < 4.78 is 101. The van der Waals surface area contributed by atoms with Crippen molar-refractivity contribution < 1.29 is 40.2 Å². The van der Waals surface area contributed by atoms with Crippen LogP contribution in [0.25, 0.3) is 0 Å². The highest BCUT2D eigenvalue weighted by atomic mass is 19.4. The summed E-state index contributed by atoms with van der Waals surface area (Å²) in [7, 11) is 0. The zero-order valence-electron chi connectivity index (χ0n) is 20.2. The fourth-order valence-electron chi connectivity index (χ4n) is 4.74. The number of hydrogen-bond donors (Lipinski definition) is 0. The minimum absolute atomic E-state index is 0.213. The lowest BCUT2D eigenvalue weighted by Crippen LogP contribution is -2.22. The Morgan fingerprint density at radius 2 is 1.33 bits per heavy atom. The standard InChI is InChI=1S/C27H31F7O2/c1-2-3-4-5-18-6-8-19(9-7-18)10-11-20-12-14-21(15-13-20)26(30,31)35-22-16-23(28)25(24(29)17-22)36-27(32,33)34/h12-19H,2-11H2,1H3/t18-,19-. The highest BCUT2D eigenvalue weighted by molar-refractivity contribution is 5.36. The van der Waals surface area contributed by atoms with E-state index < -0.39 is 41.2 Å². The Morgan fingerprint density at radius 3 is 1.86 bits per heavy atom. The van der Waals surface area contributed by atoms with E-state index in [0.29, 0.717) is 5.92 Å². The first-order valence-corrected chi connectivity index (χ1v) is 12.4. The zero-order chi connectivity index (χ0) is 26.3. The predicted octanol–water partition coefficient (Wildman–Crippen LogP) is 9.31. The Labute approximate surface area is 206 Å². The van der Waals surface area contributed by atoms with Gasteiger partial charge in [-0.15, -0.1) is 13.2 Å². The van der Waals surface area contributed by atoms with Crippen molar-refractivity contribution in [2.75, 3.05) is 0 Å². The van der Waals surface area contributed by atoms with Gasteiger partial charge in [-0.1, -0.05) is 70.4 Å². The number of aryl methyl sites for hydroxylation is 1. The molecule has 36 heavy (non-hydrogen) atoms. The van der Waals surface area contributed by atoms with Crippen LogP contribution in [0.3, 0.4) is 0 Å². The number of ether oxygens (including phenoxy) is 2. The Morgan fingerprint density at radius 1 is 0.778 bits per heavy atom. The molecule has 0 aromatic heterocycles. The van der Waals surface area contributed by atoms with Gasteiger partial charge in [-0.25, -0.2) is 8.78 Å². The molecule has 2 aromatic carbocycles. The normalized spacial score (nSPS) is 18.8. The highest BCUT2D eigenvalue weighted by Gasteiger charge is 2.37. The number of hydrogen-bond acceptors (Lipinski definition) is 2. The summed E-state index contributed by atoms with van der Waals surface area (Å²) in [5.74, 6) is -4.89. The van der Waals surface area contributed by atoms with Crippen molar-refractivity contribution in [3.05, 3.63) is 59.2 Å². The Bertz CT molecular complexity index is 942. The maximum absolute atomic E-state index is 14.6. The van der Waals surface area contributed by atoms with Gasteiger partial charge in [-0.05, 0) is 42.4 Å². The van der Waals surface area contributed by atoms with E-state index in [1.807, 2.05) is 0 Å². The second-order valence-electron chi connectivity index (χ2n) is 9.50. The maximum atomic E-state index is 14.6. The van der Waals surface area contributed by atoms with Crippen LogP contribution in [0.5, 0.6) is 11.5 Å². The van der Waals surface area contributed by atoms with Gasteiger partial charge in [0.05, 0.1) is 5.56 Å². The molecule has 1 aliphatic rings. The monoisotopic (exact) mass is 520 g/mol. The van der Waals surface area contributed by atoms with E-state index in [-0.39, 0.29) is 12.1 Å². The first-order chi connectivity index (χ1) is 17.0. The third-order valence-electron chi connectivity index (χ3n) is 6.75. The first kappa shape index (κ1) is 28.1. The molecule has 2 nitrogen and oxygen atoms in total. The van der Waals surface area contributed by atoms with Gasteiger partial charge in [0.2, 0.25) is 5.75 Å². The molecule has 2 aromatic rings. The Hall–Kier alpha value is -2.45. The van der Waals surface area contributed by atoms with Crippen LogP contribution in [0, 0.1) is 23.5 Å². The molecular formula is C27H31F7O2. The molecule has 0 N–H and O–H groups in total. The summed E-state index contributed by atoms with van der Waals surface area (Å²) in [5, 5.41) is 0. The van der Waals surface area contributed by atoms with Gasteiger partial charge in [0, 0.05) is 12.1 Å². The molecule has 0 aliphatic heterocycles. The van der Waals surface area contributed by atoms with Crippen LogP contribution < -0.4 is 9.47 Å². The molecule has 0 bridgehead atoms. The van der Waals surface area contributed by atoms with E-state index in [2.05, 4.69) is 16.4 Å². The zero-order valence-corrected chi connectivity index (χ0v) is 20.2. The van der Waals surface area contributed by atoms with Crippen LogP contribution in [-0.2, 0) is 12.5 Å². The molecule has 0 atom stereocenters. The van der Waals surface area contributed by atoms with Gasteiger partial charge >= 0.3 is 12.5 Å². The molecule has 0 saturated heterocycles. The largest absolute Gasteiger partial charge is 0.573 e. The predicted molar refractivity (Wildman–Crippen MR) is 122 cm³/mol. The summed E-state index contributed by atoms with van der Waals surface area (Å²) in [6.07, 6.45) is 2.47. The fourth-order valence-corrected chi connectivity index (χ4v) is 4.74. The van der Waals surface area contributed by atoms with E-state index in [1.54, 1.807) is 12.1 Å². The number of halogens is 7. The van der Waals surface area contributed by atoms with Crippen LogP contribution in [0.1, 0.15) is 75.8 Å². The molecular weight excluding hydrogens is 489 g/mol. The summed E-state index contributed by atoms with van der Waals surface area (Å²) in [5.41, 5.74) is 0.348. The minimum atomic E-state index is -5.34. The molecule has 1 aliphatic carbocycles. The summed E-state index contributed by atoms with van der Waals surface area (Å²) in [4.78, 5) is 0. The SMILES string of the molecule is CCCCC[C@H]1CC[C@H](CCc2ccc(C(F)(F)Oc3cc(F)c(OC(F)(F)F)c(F)c3)cc2)CC1. The third-order valence-corrected chi connectivity index (χ3v) is 6.75. The van der Waals surface area contributed by atoms with Crippen molar-refractivity contribution >= 4 is 0 Å². The van der Waals surface area contributed by atoms with E-state index in [0.717, 1.165) is 24.3 Å². The second kappa shape index (κ2) is 12.2. The van der Waals surface area contributed by atoms with Gasteiger partial charge in [0.1, 0.15) is 5.75 Å². The lowest BCUT2D eigenvalue weighted by Gasteiger charge is -2.28. The summed E-state index contributed by atoms with van der Waals surface area (Å²) >= 11 is 0. The number of benzene rings is 2. The minimum Gasteiger partial charge on any atom is -0.429 e. The van der Waals surface area contributed by atoms with Crippen LogP contribution >= 0.6 is 0 Å². The summed E-state index contributed by atoms with van der Waals surface area (Å²) in [6.45, 7) is 2.21. The molecule has 1 saturated carbocycles. The smallest absolute Gasteiger partial charge is 0.429 e. The fraction of sp³-hybridized carbons (Fsp3) is 0.556. The van der Waals surface area contributed by atoms with Crippen molar-refractivity contribution in [3.63, 3.8) is 0 Å². The molecule has 200 valence electrons. The molecule has 1 fully saturated rings. The average molecular weight is 521 g/mol. The molecule has 9 heteroatoms. The van der Waals surface area contributed by atoms with E-state index >= 15 is 0 Å². The number of alkyl halides is 5. The molecule has 0 spiro atoms. The summed E-state index contributed by atoms with van der Waals surface area (Å²) in [6, 6.07) is 5.90. The second-order valence-corrected chi connectivity index (χ2v) is 9.50. The molecule has 3 rings (SSSR count). The van der Waals surface area contributed by atoms with Gasteiger partial charge in [-0.3, -0.25) is 0 Å². The van der Waals surface area contributed by atoms with Crippen LogP contribution in [0.15, 0.2) is 36.4 Å². The van der Waals surface area contributed by atoms with Crippen molar-refractivity contribution in [2.24, 2.45) is 11.8 Å². The highest BCUT2D eigenvalue weighted by Crippen LogP contribution is 2.37. The Balaban J connectivity index is 1.53.